The second-order valence-electron chi connectivity index (χ2n) is 4.92. The molecule has 120 valence electrons. The lowest BCUT2D eigenvalue weighted by Gasteiger charge is -2.22. The summed E-state index contributed by atoms with van der Waals surface area (Å²) >= 11 is 0. The van der Waals surface area contributed by atoms with Crippen molar-refractivity contribution in [3.63, 3.8) is 0 Å². The molecule has 1 heterocycles. The molecular formula is C12H21N3O5S. The van der Waals surface area contributed by atoms with Crippen LogP contribution in [0.2, 0.25) is 0 Å². The number of sulfonamides is 1. The van der Waals surface area contributed by atoms with Gasteiger partial charge in [-0.05, 0) is 20.8 Å². The third-order valence-corrected chi connectivity index (χ3v) is 5.60. The van der Waals surface area contributed by atoms with Gasteiger partial charge in [0, 0.05) is 13.1 Å². The summed E-state index contributed by atoms with van der Waals surface area (Å²) in [5.41, 5.74) is 0.709. The molecule has 0 radical (unpaired) electrons. The van der Waals surface area contributed by atoms with E-state index in [0.717, 1.165) is 4.31 Å². The second-order valence-corrected chi connectivity index (χ2v) is 6.85. The van der Waals surface area contributed by atoms with E-state index in [1.165, 1.54) is 11.7 Å². The highest BCUT2D eigenvalue weighted by atomic mass is 32.2. The SMILES string of the molecule is Cc1nn(CCC(=O)O)c(C)c1S(=O)(=O)N(C)C(C)CO. The molecule has 1 aromatic heterocycles. The number of hydrogen-bond donors (Lipinski definition) is 2. The van der Waals surface area contributed by atoms with Gasteiger partial charge in [-0.25, -0.2) is 8.42 Å². The Morgan fingerprint density at radius 1 is 1.43 bits per heavy atom. The van der Waals surface area contributed by atoms with Crippen molar-refractivity contribution >= 4 is 16.0 Å². The molecular weight excluding hydrogens is 298 g/mol. The number of aliphatic carboxylic acids is 1. The van der Waals surface area contributed by atoms with E-state index in [9.17, 15) is 13.2 Å². The van der Waals surface area contributed by atoms with Gasteiger partial charge in [0.1, 0.15) is 4.90 Å². The zero-order valence-corrected chi connectivity index (χ0v) is 13.4. The Hall–Kier alpha value is -1.45. The lowest BCUT2D eigenvalue weighted by atomic mass is 10.4. The Balaban J connectivity index is 3.22. The summed E-state index contributed by atoms with van der Waals surface area (Å²) in [7, 11) is -2.39. The van der Waals surface area contributed by atoms with Crippen LogP contribution in [0.1, 0.15) is 24.7 Å². The first-order valence-electron chi connectivity index (χ1n) is 6.47. The van der Waals surface area contributed by atoms with E-state index in [0.29, 0.717) is 11.4 Å². The second kappa shape index (κ2) is 6.54. The van der Waals surface area contributed by atoms with Gasteiger partial charge in [0.15, 0.2) is 0 Å². The molecule has 1 atom stereocenters. The van der Waals surface area contributed by atoms with Crippen LogP contribution in [0.4, 0.5) is 0 Å². The monoisotopic (exact) mass is 319 g/mol. The van der Waals surface area contributed by atoms with Crippen LogP contribution >= 0.6 is 0 Å². The normalized spacial score (nSPS) is 13.6. The first kappa shape index (κ1) is 17.6. The van der Waals surface area contributed by atoms with Crippen LogP contribution in [0.3, 0.4) is 0 Å². The quantitative estimate of drug-likeness (QED) is 0.730. The molecule has 2 N–H and O–H groups in total. The number of carboxylic acid groups (broad SMARTS) is 1. The van der Waals surface area contributed by atoms with Gasteiger partial charge < -0.3 is 10.2 Å². The van der Waals surface area contributed by atoms with E-state index in [2.05, 4.69) is 5.10 Å². The van der Waals surface area contributed by atoms with Crippen molar-refractivity contribution in [1.82, 2.24) is 14.1 Å². The molecule has 0 spiro atoms. The molecule has 0 aliphatic rings. The maximum Gasteiger partial charge on any atom is 0.305 e. The van der Waals surface area contributed by atoms with Crippen LogP contribution in [-0.2, 0) is 21.4 Å². The van der Waals surface area contributed by atoms with E-state index in [-0.39, 0.29) is 24.5 Å². The number of aromatic nitrogens is 2. The van der Waals surface area contributed by atoms with Crippen LogP contribution in [0.15, 0.2) is 4.90 Å². The van der Waals surface area contributed by atoms with Gasteiger partial charge in [0.2, 0.25) is 10.0 Å². The van der Waals surface area contributed by atoms with E-state index in [4.69, 9.17) is 10.2 Å². The largest absolute Gasteiger partial charge is 0.481 e. The molecule has 1 rings (SSSR count). The number of carboxylic acids is 1. The number of aliphatic hydroxyl groups is 1. The zero-order chi connectivity index (χ0) is 16.4. The number of aryl methyl sites for hydroxylation is 2. The van der Waals surface area contributed by atoms with Gasteiger partial charge >= 0.3 is 5.97 Å². The molecule has 0 aliphatic heterocycles. The zero-order valence-electron chi connectivity index (χ0n) is 12.6. The molecule has 0 aromatic carbocycles. The first-order chi connectivity index (χ1) is 9.62. The number of rotatable bonds is 7. The van der Waals surface area contributed by atoms with Crippen molar-refractivity contribution in [2.45, 2.75) is 44.7 Å². The molecule has 0 amide bonds. The van der Waals surface area contributed by atoms with Crippen molar-refractivity contribution in [3.05, 3.63) is 11.4 Å². The van der Waals surface area contributed by atoms with Crippen LogP contribution in [0, 0.1) is 13.8 Å². The fraction of sp³-hybridized carbons (Fsp3) is 0.667. The Labute approximate surface area is 124 Å². The Bertz CT molecular complexity index is 623. The minimum Gasteiger partial charge on any atom is -0.481 e. The highest BCUT2D eigenvalue weighted by molar-refractivity contribution is 7.89. The summed E-state index contributed by atoms with van der Waals surface area (Å²) in [6, 6.07) is -0.559. The highest BCUT2D eigenvalue weighted by Crippen LogP contribution is 2.24. The molecule has 0 fully saturated rings. The summed E-state index contributed by atoms with van der Waals surface area (Å²) in [6.07, 6.45) is -0.135. The molecule has 8 nitrogen and oxygen atoms in total. The van der Waals surface area contributed by atoms with E-state index < -0.39 is 22.0 Å². The van der Waals surface area contributed by atoms with Crippen molar-refractivity contribution < 1.29 is 23.4 Å². The lowest BCUT2D eigenvalue weighted by Crippen LogP contribution is -2.37. The minimum absolute atomic E-state index is 0.0655. The lowest BCUT2D eigenvalue weighted by molar-refractivity contribution is -0.137. The van der Waals surface area contributed by atoms with Crippen molar-refractivity contribution in [2.24, 2.45) is 0 Å². The van der Waals surface area contributed by atoms with Gasteiger partial charge in [-0.1, -0.05) is 0 Å². The number of aliphatic hydroxyl groups excluding tert-OH is 1. The average Bonchev–Trinajstić information content (AvgIpc) is 2.69. The first-order valence-corrected chi connectivity index (χ1v) is 7.91. The minimum atomic E-state index is -3.79. The number of hydrogen-bond acceptors (Lipinski definition) is 5. The van der Waals surface area contributed by atoms with E-state index >= 15 is 0 Å². The average molecular weight is 319 g/mol. The van der Waals surface area contributed by atoms with Crippen molar-refractivity contribution in [3.8, 4) is 0 Å². The maximum atomic E-state index is 12.6. The smallest absolute Gasteiger partial charge is 0.305 e. The highest BCUT2D eigenvalue weighted by Gasteiger charge is 2.31. The Kier molecular flexibility index (Phi) is 5.48. The van der Waals surface area contributed by atoms with Crippen molar-refractivity contribution in [2.75, 3.05) is 13.7 Å². The van der Waals surface area contributed by atoms with Crippen LogP contribution < -0.4 is 0 Å². The third-order valence-electron chi connectivity index (χ3n) is 3.37. The molecule has 1 unspecified atom stereocenters. The maximum absolute atomic E-state index is 12.6. The molecule has 0 saturated heterocycles. The van der Waals surface area contributed by atoms with E-state index in [1.54, 1.807) is 20.8 Å². The molecule has 0 bridgehead atoms. The van der Waals surface area contributed by atoms with Crippen LogP contribution in [0.25, 0.3) is 0 Å². The van der Waals surface area contributed by atoms with Gasteiger partial charge in [0.25, 0.3) is 0 Å². The van der Waals surface area contributed by atoms with E-state index in [1.807, 2.05) is 0 Å². The summed E-state index contributed by atoms with van der Waals surface area (Å²) in [4.78, 5) is 10.7. The third kappa shape index (κ3) is 3.60. The Morgan fingerprint density at radius 3 is 2.48 bits per heavy atom. The predicted octanol–water partition coefficient (Wildman–Crippen LogP) is -0.0241. The summed E-state index contributed by atoms with van der Waals surface area (Å²) in [5.74, 6) is -0.974. The fourth-order valence-electron chi connectivity index (χ4n) is 1.97. The van der Waals surface area contributed by atoms with Crippen LogP contribution in [-0.4, -0.2) is 58.4 Å². The summed E-state index contributed by atoms with van der Waals surface area (Å²) < 4.78 is 27.6. The molecule has 0 saturated carbocycles. The molecule has 9 heteroatoms. The summed E-state index contributed by atoms with van der Waals surface area (Å²) in [5, 5.41) is 21.9. The van der Waals surface area contributed by atoms with Crippen LogP contribution in [0.5, 0.6) is 0 Å². The number of nitrogens with zero attached hydrogens (tertiary/aromatic N) is 3. The topological polar surface area (TPSA) is 113 Å². The molecule has 1 aromatic rings. The van der Waals surface area contributed by atoms with Gasteiger partial charge in [-0.3, -0.25) is 9.48 Å². The number of likely N-dealkylation sites (N-methyl/N-ethyl adjacent to an activating group) is 1. The standard InChI is InChI=1S/C12H21N3O5S/c1-8(7-16)14(4)21(19,20)12-9(2)13-15(10(12)3)6-5-11(17)18/h8,16H,5-7H2,1-4H3,(H,17,18). The summed E-state index contributed by atoms with van der Waals surface area (Å²) in [6.45, 7) is 4.57. The fourth-order valence-corrected chi connectivity index (χ4v) is 3.69. The van der Waals surface area contributed by atoms with Gasteiger partial charge in [-0.2, -0.15) is 9.40 Å². The predicted molar refractivity (Wildman–Crippen MR) is 75.5 cm³/mol. The van der Waals surface area contributed by atoms with Gasteiger partial charge in [-0.15, -0.1) is 0 Å². The molecule has 21 heavy (non-hydrogen) atoms. The Morgan fingerprint density at radius 2 is 2.00 bits per heavy atom. The van der Waals surface area contributed by atoms with Crippen molar-refractivity contribution in [1.29, 1.82) is 0 Å². The molecule has 0 aliphatic carbocycles. The van der Waals surface area contributed by atoms with Gasteiger partial charge in [0.05, 0.1) is 31.0 Å². The number of carbonyl (C=O) groups is 1.